The van der Waals surface area contributed by atoms with Crippen LogP contribution < -0.4 is 4.74 Å². The first-order valence-corrected chi connectivity index (χ1v) is 14.0. The van der Waals surface area contributed by atoms with Crippen LogP contribution in [0, 0.1) is 29.2 Å². The molecule has 0 aromatic heterocycles. The van der Waals surface area contributed by atoms with Crippen molar-refractivity contribution in [1.82, 2.24) is 0 Å². The zero-order chi connectivity index (χ0) is 28.5. The standard InChI is InChI=1S/C33H36F4O3/c1-3-5-6-7-8-9-19-38-28-18-17-26(30(35)32(28)37)24-13-11-23(12-14-24)25-15-16-27(31(36)29(25)34)33-39-20-22(10-4-2)21-40-33/h4,10-18,22,33H,3,5-9,19-21H2,1-2H3. The summed E-state index contributed by atoms with van der Waals surface area (Å²) in [6, 6.07) is 12.0. The molecule has 1 aliphatic heterocycles. The first kappa shape index (κ1) is 29.8. The maximum absolute atomic E-state index is 15.1. The van der Waals surface area contributed by atoms with Gasteiger partial charge in [0.05, 0.1) is 19.8 Å². The number of halogens is 4. The number of unbranched alkanes of at least 4 members (excludes halogenated alkanes) is 5. The molecule has 7 heteroatoms. The van der Waals surface area contributed by atoms with Crippen LogP contribution in [0.4, 0.5) is 17.6 Å². The maximum Gasteiger partial charge on any atom is 0.201 e. The van der Waals surface area contributed by atoms with Crippen LogP contribution in [0.15, 0.2) is 60.7 Å². The van der Waals surface area contributed by atoms with Crippen molar-refractivity contribution in [3.8, 4) is 28.0 Å². The third-order valence-corrected chi connectivity index (χ3v) is 7.06. The van der Waals surface area contributed by atoms with Crippen LogP contribution in [-0.4, -0.2) is 19.8 Å². The second-order valence-electron chi connectivity index (χ2n) is 10.0. The number of allylic oxidation sites excluding steroid dienone is 1. The summed E-state index contributed by atoms with van der Waals surface area (Å²) < 4.78 is 76.3. The van der Waals surface area contributed by atoms with E-state index in [-0.39, 0.29) is 28.4 Å². The van der Waals surface area contributed by atoms with Crippen molar-refractivity contribution < 1.29 is 31.8 Å². The minimum absolute atomic E-state index is 0.00635. The Hall–Kier alpha value is -3.16. The molecule has 40 heavy (non-hydrogen) atoms. The lowest BCUT2D eigenvalue weighted by Crippen LogP contribution is -2.26. The van der Waals surface area contributed by atoms with Gasteiger partial charge in [0.2, 0.25) is 5.82 Å². The molecule has 0 spiro atoms. The van der Waals surface area contributed by atoms with Crippen molar-refractivity contribution in [3.63, 3.8) is 0 Å². The molecule has 214 valence electrons. The van der Waals surface area contributed by atoms with E-state index in [9.17, 15) is 13.2 Å². The van der Waals surface area contributed by atoms with Gasteiger partial charge in [-0.15, -0.1) is 0 Å². The quantitative estimate of drug-likeness (QED) is 0.126. The van der Waals surface area contributed by atoms with Crippen molar-refractivity contribution in [3.05, 3.63) is 89.5 Å². The predicted octanol–water partition coefficient (Wildman–Crippen LogP) is 9.55. The van der Waals surface area contributed by atoms with Crippen molar-refractivity contribution >= 4 is 0 Å². The van der Waals surface area contributed by atoms with Gasteiger partial charge < -0.3 is 14.2 Å². The first-order chi connectivity index (χ1) is 19.4. The molecule has 1 heterocycles. The van der Waals surface area contributed by atoms with Gasteiger partial charge in [0.25, 0.3) is 0 Å². The van der Waals surface area contributed by atoms with E-state index in [4.69, 9.17) is 14.2 Å². The molecule has 1 saturated heterocycles. The predicted molar refractivity (Wildman–Crippen MR) is 149 cm³/mol. The molecule has 0 aliphatic carbocycles. The zero-order valence-electron chi connectivity index (χ0n) is 23.0. The minimum atomic E-state index is -1.04. The third kappa shape index (κ3) is 7.12. The van der Waals surface area contributed by atoms with Crippen LogP contribution in [0.3, 0.4) is 0 Å². The molecule has 0 amide bonds. The highest BCUT2D eigenvalue weighted by molar-refractivity contribution is 5.71. The molecule has 3 aromatic carbocycles. The summed E-state index contributed by atoms with van der Waals surface area (Å²) in [5.41, 5.74) is 0.888. The fraction of sp³-hybridized carbons (Fsp3) is 0.394. The Labute approximate surface area is 233 Å². The average molecular weight is 557 g/mol. The number of rotatable bonds is 12. The molecule has 0 radical (unpaired) electrons. The smallest absolute Gasteiger partial charge is 0.201 e. The number of hydrogen-bond donors (Lipinski definition) is 0. The Kier molecular flexibility index (Phi) is 10.8. The van der Waals surface area contributed by atoms with Gasteiger partial charge in [-0.2, -0.15) is 4.39 Å². The van der Waals surface area contributed by atoms with E-state index in [1.54, 1.807) is 24.3 Å². The summed E-state index contributed by atoms with van der Waals surface area (Å²) in [4.78, 5) is 0. The van der Waals surface area contributed by atoms with Crippen LogP contribution in [0.25, 0.3) is 22.3 Å². The Bertz CT molecular complexity index is 1280. The molecule has 1 aliphatic rings. The average Bonchev–Trinajstić information content (AvgIpc) is 2.97. The third-order valence-electron chi connectivity index (χ3n) is 7.06. The van der Waals surface area contributed by atoms with Crippen molar-refractivity contribution in [2.24, 2.45) is 5.92 Å². The molecular weight excluding hydrogens is 520 g/mol. The van der Waals surface area contributed by atoms with Gasteiger partial charge in [-0.3, -0.25) is 0 Å². The Morgan fingerprint density at radius 3 is 1.93 bits per heavy atom. The van der Waals surface area contributed by atoms with E-state index in [1.165, 1.54) is 43.5 Å². The van der Waals surface area contributed by atoms with E-state index in [0.717, 1.165) is 19.3 Å². The summed E-state index contributed by atoms with van der Waals surface area (Å²) in [6.07, 6.45) is 9.26. The largest absolute Gasteiger partial charge is 0.490 e. The number of benzene rings is 3. The monoisotopic (exact) mass is 556 g/mol. The van der Waals surface area contributed by atoms with Crippen LogP contribution >= 0.6 is 0 Å². The molecule has 1 fully saturated rings. The fourth-order valence-corrected chi connectivity index (χ4v) is 4.81. The van der Waals surface area contributed by atoms with Gasteiger partial charge in [-0.05, 0) is 36.6 Å². The number of ether oxygens (including phenoxy) is 3. The highest BCUT2D eigenvalue weighted by atomic mass is 19.2. The molecule has 0 atom stereocenters. The van der Waals surface area contributed by atoms with E-state index in [1.807, 2.05) is 19.1 Å². The molecule has 3 nitrogen and oxygen atoms in total. The second kappa shape index (κ2) is 14.5. The summed E-state index contributed by atoms with van der Waals surface area (Å²) >= 11 is 0. The highest BCUT2D eigenvalue weighted by Crippen LogP contribution is 2.35. The Balaban J connectivity index is 1.42. The van der Waals surface area contributed by atoms with Crippen LogP contribution in [0.5, 0.6) is 5.75 Å². The first-order valence-electron chi connectivity index (χ1n) is 14.0. The van der Waals surface area contributed by atoms with Gasteiger partial charge in [0, 0.05) is 22.6 Å². The van der Waals surface area contributed by atoms with Crippen LogP contribution in [-0.2, 0) is 9.47 Å². The van der Waals surface area contributed by atoms with Crippen molar-refractivity contribution in [2.45, 2.75) is 58.7 Å². The lowest BCUT2D eigenvalue weighted by molar-refractivity contribution is -0.199. The SMILES string of the molecule is CC=CC1COC(c2ccc(-c3ccc(-c4ccc(OCCCCCCCC)c(F)c4F)cc3)c(F)c2F)OC1. The molecular formula is C33H36F4O3. The van der Waals surface area contributed by atoms with E-state index in [0.29, 0.717) is 30.9 Å². The fourth-order valence-electron chi connectivity index (χ4n) is 4.81. The van der Waals surface area contributed by atoms with Crippen LogP contribution in [0.1, 0.15) is 64.2 Å². The van der Waals surface area contributed by atoms with E-state index < -0.39 is 29.6 Å². The van der Waals surface area contributed by atoms with Crippen molar-refractivity contribution in [2.75, 3.05) is 19.8 Å². The van der Waals surface area contributed by atoms with Gasteiger partial charge in [0.15, 0.2) is 29.5 Å². The molecule has 0 bridgehead atoms. The second-order valence-corrected chi connectivity index (χ2v) is 10.0. The zero-order valence-corrected chi connectivity index (χ0v) is 23.0. The highest BCUT2D eigenvalue weighted by Gasteiger charge is 2.27. The van der Waals surface area contributed by atoms with Gasteiger partial charge in [-0.1, -0.05) is 87.6 Å². The normalized spacial score (nSPS) is 17.4. The molecule has 0 saturated carbocycles. The molecule has 0 N–H and O–H groups in total. The molecule has 0 unspecified atom stereocenters. The lowest BCUT2D eigenvalue weighted by Gasteiger charge is -2.28. The maximum atomic E-state index is 15.1. The van der Waals surface area contributed by atoms with Crippen molar-refractivity contribution in [1.29, 1.82) is 0 Å². The van der Waals surface area contributed by atoms with Gasteiger partial charge in [-0.25, -0.2) is 13.2 Å². The molecule has 4 rings (SSSR count). The van der Waals surface area contributed by atoms with Gasteiger partial charge in [0.1, 0.15) is 0 Å². The summed E-state index contributed by atoms with van der Waals surface area (Å²) in [7, 11) is 0. The topological polar surface area (TPSA) is 27.7 Å². The number of hydrogen-bond acceptors (Lipinski definition) is 3. The Morgan fingerprint density at radius 2 is 1.30 bits per heavy atom. The molecule has 3 aromatic rings. The van der Waals surface area contributed by atoms with Crippen LogP contribution in [0.2, 0.25) is 0 Å². The van der Waals surface area contributed by atoms with E-state index in [2.05, 4.69) is 6.92 Å². The Morgan fingerprint density at radius 1 is 0.725 bits per heavy atom. The summed E-state index contributed by atoms with van der Waals surface area (Å²) in [5.74, 6) is -4.18. The lowest BCUT2D eigenvalue weighted by atomic mass is 9.98. The minimum Gasteiger partial charge on any atom is -0.490 e. The van der Waals surface area contributed by atoms with Gasteiger partial charge >= 0.3 is 0 Å². The summed E-state index contributed by atoms with van der Waals surface area (Å²) in [5, 5.41) is 0. The summed E-state index contributed by atoms with van der Waals surface area (Å²) in [6.45, 7) is 5.07. The van der Waals surface area contributed by atoms with E-state index >= 15 is 4.39 Å².